The van der Waals surface area contributed by atoms with Gasteiger partial charge in [0.05, 0.1) is 6.04 Å². The molecule has 114 valence electrons. The van der Waals surface area contributed by atoms with E-state index in [9.17, 15) is 4.79 Å². The first-order valence-corrected chi connectivity index (χ1v) is 7.23. The molecule has 21 heavy (non-hydrogen) atoms. The fourth-order valence-electron chi connectivity index (χ4n) is 2.17. The smallest absolute Gasteiger partial charge is 0.272 e. The van der Waals surface area contributed by atoms with Crippen LogP contribution in [-0.2, 0) is 7.05 Å². The average Bonchev–Trinajstić information content (AvgIpc) is 3.04. The third-order valence-corrected chi connectivity index (χ3v) is 3.46. The van der Waals surface area contributed by atoms with Crippen LogP contribution in [0.15, 0.2) is 24.7 Å². The zero-order valence-corrected chi connectivity index (χ0v) is 13.2. The Morgan fingerprint density at radius 1 is 1.24 bits per heavy atom. The number of hydrogen-bond donors (Lipinski definition) is 1. The molecule has 1 amide bonds. The number of amides is 1. The zero-order valence-electron chi connectivity index (χ0n) is 13.2. The Balaban J connectivity index is 2.17. The largest absolute Gasteiger partial charge is 0.340 e. The molecule has 1 atom stereocenters. The molecular weight excluding hydrogens is 266 g/mol. The van der Waals surface area contributed by atoms with Crippen molar-refractivity contribution in [1.29, 1.82) is 0 Å². The molecule has 2 aromatic heterocycles. The van der Waals surface area contributed by atoms with Crippen molar-refractivity contribution in [3.8, 4) is 0 Å². The Morgan fingerprint density at radius 3 is 2.43 bits per heavy atom. The minimum atomic E-state index is -0.170. The van der Waals surface area contributed by atoms with Crippen LogP contribution >= 0.6 is 0 Å². The van der Waals surface area contributed by atoms with E-state index >= 15 is 0 Å². The Labute approximate surface area is 125 Å². The summed E-state index contributed by atoms with van der Waals surface area (Å²) in [7, 11) is 1.93. The van der Waals surface area contributed by atoms with Gasteiger partial charge in [-0.15, -0.1) is 0 Å². The van der Waals surface area contributed by atoms with Gasteiger partial charge in [0.25, 0.3) is 5.91 Å². The lowest BCUT2D eigenvalue weighted by atomic mass is 10.0. The van der Waals surface area contributed by atoms with Crippen molar-refractivity contribution >= 4 is 5.91 Å². The van der Waals surface area contributed by atoms with E-state index in [1.54, 1.807) is 16.9 Å². The molecule has 0 saturated heterocycles. The van der Waals surface area contributed by atoms with Crippen LogP contribution in [0, 0.1) is 5.92 Å². The maximum atomic E-state index is 12.4. The standard InChI is InChI=1S/C15H23N5O/c1-10(2)13(14-16-7-9-19(14)5)17-15(21)12-6-8-20(18-12)11(3)4/h6-11,13H,1-5H3,(H,17,21)/t13-/m1/s1. The van der Waals surface area contributed by atoms with E-state index in [0.717, 1.165) is 5.82 Å². The van der Waals surface area contributed by atoms with Crippen LogP contribution in [0.1, 0.15) is 56.1 Å². The molecule has 6 heteroatoms. The van der Waals surface area contributed by atoms with E-state index in [2.05, 4.69) is 29.2 Å². The highest BCUT2D eigenvalue weighted by atomic mass is 16.2. The summed E-state index contributed by atoms with van der Waals surface area (Å²) in [6.07, 6.45) is 5.44. The minimum Gasteiger partial charge on any atom is -0.340 e. The maximum Gasteiger partial charge on any atom is 0.272 e. The highest BCUT2D eigenvalue weighted by molar-refractivity contribution is 5.92. The molecule has 0 unspecified atom stereocenters. The summed E-state index contributed by atoms with van der Waals surface area (Å²) >= 11 is 0. The van der Waals surface area contributed by atoms with E-state index in [1.165, 1.54) is 0 Å². The summed E-state index contributed by atoms with van der Waals surface area (Å²) in [5, 5.41) is 7.33. The number of rotatable bonds is 5. The van der Waals surface area contributed by atoms with Gasteiger partial charge in [-0.1, -0.05) is 13.8 Å². The summed E-state index contributed by atoms with van der Waals surface area (Å²) in [6, 6.07) is 1.84. The van der Waals surface area contributed by atoms with E-state index in [-0.39, 0.29) is 23.9 Å². The first kappa shape index (κ1) is 15.3. The van der Waals surface area contributed by atoms with Gasteiger partial charge in [-0.05, 0) is 25.8 Å². The number of imidazole rings is 1. The number of hydrogen-bond acceptors (Lipinski definition) is 3. The SMILES string of the molecule is CC(C)[C@@H](NC(=O)c1ccn(C(C)C)n1)c1nccn1C. The van der Waals surface area contributed by atoms with Gasteiger partial charge in [0.2, 0.25) is 0 Å². The molecule has 0 spiro atoms. The Bertz CT molecular complexity index is 611. The van der Waals surface area contributed by atoms with Crippen molar-refractivity contribution < 1.29 is 4.79 Å². The van der Waals surface area contributed by atoms with Crippen molar-refractivity contribution in [2.45, 2.75) is 39.8 Å². The number of aryl methyl sites for hydroxylation is 1. The second-order valence-corrected chi connectivity index (χ2v) is 5.87. The van der Waals surface area contributed by atoms with Crippen molar-refractivity contribution in [2.75, 3.05) is 0 Å². The van der Waals surface area contributed by atoms with Gasteiger partial charge < -0.3 is 9.88 Å². The topological polar surface area (TPSA) is 64.7 Å². The normalized spacial score (nSPS) is 12.9. The molecule has 0 saturated carbocycles. The molecular formula is C15H23N5O. The molecule has 0 aliphatic rings. The first-order chi connectivity index (χ1) is 9.90. The van der Waals surface area contributed by atoms with Crippen molar-refractivity contribution in [3.63, 3.8) is 0 Å². The first-order valence-electron chi connectivity index (χ1n) is 7.23. The van der Waals surface area contributed by atoms with E-state index in [1.807, 2.05) is 37.9 Å². The summed E-state index contributed by atoms with van der Waals surface area (Å²) < 4.78 is 3.71. The fraction of sp³-hybridized carbons (Fsp3) is 0.533. The number of nitrogens with zero attached hydrogens (tertiary/aromatic N) is 4. The van der Waals surface area contributed by atoms with Gasteiger partial charge in [0.1, 0.15) is 11.5 Å². The lowest BCUT2D eigenvalue weighted by Gasteiger charge is -2.21. The molecule has 0 bridgehead atoms. The minimum absolute atomic E-state index is 0.137. The summed E-state index contributed by atoms with van der Waals surface area (Å²) in [5.74, 6) is 0.917. The predicted octanol–water partition coefficient (Wildman–Crippen LogP) is 2.32. The van der Waals surface area contributed by atoms with Gasteiger partial charge in [0, 0.05) is 31.7 Å². The quantitative estimate of drug-likeness (QED) is 0.918. The monoisotopic (exact) mass is 289 g/mol. The maximum absolute atomic E-state index is 12.4. The summed E-state index contributed by atoms with van der Waals surface area (Å²) in [6.45, 7) is 8.18. The lowest BCUT2D eigenvalue weighted by Crippen LogP contribution is -2.33. The molecule has 0 aliphatic heterocycles. The Kier molecular flexibility index (Phi) is 4.45. The highest BCUT2D eigenvalue weighted by Gasteiger charge is 2.23. The molecule has 0 aliphatic carbocycles. The number of carbonyl (C=O) groups excluding carboxylic acids is 1. The highest BCUT2D eigenvalue weighted by Crippen LogP contribution is 2.20. The van der Waals surface area contributed by atoms with E-state index in [0.29, 0.717) is 5.69 Å². The van der Waals surface area contributed by atoms with Crippen molar-refractivity contribution in [3.05, 3.63) is 36.2 Å². The van der Waals surface area contributed by atoms with E-state index in [4.69, 9.17) is 0 Å². The van der Waals surface area contributed by atoms with Crippen molar-refractivity contribution in [2.24, 2.45) is 13.0 Å². The van der Waals surface area contributed by atoms with Crippen LogP contribution in [0.25, 0.3) is 0 Å². The zero-order chi connectivity index (χ0) is 15.6. The number of nitrogens with one attached hydrogen (secondary N) is 1. The van der Waals surface area contributed by atoms with Gasteiger partial charge in [-0.25, -0.2) is 4.98 Å². The fourth-order valence-corrected chi connectivity index (χ4v) is 2.17. The Morgan fingerprint density at radius 2 is 1.95 bits per heavy atom. The molecule has 2 aromatic rings. The van der Waals surface area contributed by atoms with Gasteiger partial charge in [-0.2, -0.15) is 5.10 Å². The number of carbonyl (C=O) groups is 1. The Hall–Kier alpha value is -2.11. The van der Waals surface area contributed by atoms with Crippen LogP contribution in [0.3, 0.4) is 0 Å². The average molecular weight is 289 g/mol. The van der Waals surface area contributed by atoms with Crippen LogP contribution in [0.2, 0.25) is 0 Å². The summed E-state index contributed by atoms with van der Waals surface area (Å²) in [5.41, 5.74) is 0.434. The third-order valence-electron chi connectivity index (χ3n) is 3.46. The van der Waals surface area contributed by atoms with Crippen LogP contribution in [0.5, 0.6) is 0 Å². The lowest BCUT2D eigenvalue weighted by molar-refractivity contribution is 0.0916. The van der Waals surface area contributed by atoms with Gasteiger partial charge in [0.15, 0.2) is 0 Å². The van der Waals surface area contributed by atoms with Crippen LogP contribution in [-0.4, -0.2) is 25.2 Å². The van der Waals surface area contributed by atoms with E-state index < -0.39 is 0 Å². The molecule has 0 aromatic carbocycles. The van der Waals surface area contributed by atoms with Gasteiger partial charge in [-0.3, -0.25) is 9.48 Å². The number of aromatic nitrogens is 4. The molecule has 0 radical (unpaired) electrons. The molecule has 6 nitrogen and oxygen atoms in total. The molecule has 0 fully saturated rings. The van der Waals surface area contributed by atoms with Crippen LogP contribution < -0.4 is 5.32 Å². The summed E-state index contributed by atoms with van der Waals surface area (Å²) in [4.78, 5) is 16.7. The molecule has 1 N–H and O–H groups in total. The molecule has 2 heterocycles. The predicted molar refractivity (Wildman–Crippen MR) is 80.9 cm³/mol. The second-order valence-electron chi connectivity index (χ2n) is 5.87. The van der Waals surface area contributed by atoms with Crippen LogP contribution in [0.4, 0.5) is 0 Å². The molecule has 2 rings (SSSR count). The third kappa shape index (κ3) is 3.32. The van der Waals surface area contributed by atoms with Gasteiger partial charge >= 0.3 is 0 Å². The second kappa shape index (κ2) is 6.11. The van der Waals surface area contributed by atoms with Crippen molar-refractivity contribution in [1.82, 2.24) is 24.6 Å².